The van der Waals surface area contributed by atoms with Gasteiger partial charge in [-0.05, 0) is 36.9 Å². The molecule has 8 heteroatoms. The van der Waals surface area contributed by atoms with Crippen molar-refractivity contribution in [2.75, 3.05) is 17.7 Å². The lowest BCUT2D eigenvalue weighted by Gasteiger charge is -2.18. The summed E-state index contributed by atoms with van der Waals surface area (Å²) in [5, 5.41) is 8.50. The topological polar surface area (TPSA) is 93.4 Å². The minimum absolute atomic E-state index is 0.292. The highest BCUT2D eigenvalue weighted by molar-refractivity contribution is 7.14. The SMILES string of the molecule is COc1cc(Cl)c(C)cc1N[C@@H](C)C(=O)Nc1sccc1C(N)=O. The summed E-state index contributed by atoms with van der Waals surface area (Å²) in [6, 6.07) is 4.51. The Morgan fingerprint density at radius 1 is 1.38 bits per heavy atom. The number of primary amides is 1. The maximum Gasteiger partial charge on any atom is 0.251 e. The van der Waals surface area contributed by atoms with Crippen LogP contribution in [0.5, 0.6) is 5.75 Å². The van der Waals surface area contributed by atoms with Gasteiger partial charge in [-0.2, -0.15) is 0 Å². The Morgan fingerprint density at radius 3 is 2.71 bits per heavy atom. The number of carbonyl (C=O) groups is 2. The predicted molar refractivity (Wildman–Crippen MR) is 97.3 cm³/mol. The molecule has 1 aromatic heterocycles. The van der Waals surface area contributed by atoms with Crippen molar-refractivity contribution >= 4 is 45.4 Å². The molecule has 0 unspecified atom stereocenters. The summed E-state index contributed by atoms with van der Waals surface area (Å²) in [6.45, 7) is 3.57. The van der Waals surface area contributed by atoms with E-state index >= 15 is 0 Å². The monoisotopic (exact) mass is 367 g/mol. The van der Waals surface area contributed by atoms with Gasteiger partial charge >= 0.3 is 0 Å². The average Bonchev–Trinajstić information content (AvgIpc) is 2.98. The Hall–Kier alpha value is -2.25. The van der Waals surface area contributed by atoms with E-state index in [1.807, 2.05) is 13.0 Å². The molecule has 1 atom stereocenters. The fourth-order valence-electron chi connectivity index (χ4n) is 2.06. The summed E-state index contributed by atoms with van der Waals surface area (Å²) < 4.78 is 5.28. The van der Waals surface area contributed by atoms with Gasteiger partial charge in [0.25, 0.3) is 5.91 Å². The standard InChI is InChI=1S/C16H18ClN3O3S/c1-8-6-12(13(23-3)7-11(8)17)19-9(2)15(22)20-16-10(14(18)21)4-5-24-16/h4-7,9,19H,1-3H3,(H2,18,21)(H,20,22)/t9-/m0/s1. The second-order valence-electron chi connectivity index (χ2n) is 5.18. The summed E-state index contributed by atoms with van der Waals surface area (Å²) >= 11 is 7.32. The molecule has 0 aliphatic heterocycles. The largest absolute Gasteiger partial charge is 0.495 e. The summed E-state index contributed by atoms with van der Waals surface area (Å²) in [4.78, 5) is 23.7. The number of anilines is 2. The van der Waals surface area contributed by atoms with E-state index in [-0.39, 0.29) is 5.91 Å². The van der Waals surface area contributed by atoms with Gasteiger partial charge in [0.1, 0.15) is 16.8 Å². The summed E-state index contributed by atoms with van der Waals surface area (Å²) in [7, 11) is 1.53. The molecule has 0 saturated carbocycles. The van der Waals surface area contributed by atoms with Crippen LogP contribution >= 0.6 is 22.9 Å². The van der Waals surface area contributed by atoms with Gasteiger partial charge in [-0.25, -0.2) is 0 Å². The number of benzene rings is 1. The maximum absolute atomic E-state index is 12.4. The molecule has 0 radical (unpaired) electrons. The molecular formula is C16H18ClN3O3S. The molecule has 2 rings (SSSR count). The van der Waals surface area contributed by atoms with Crippen LogP contribution in [0.3, 0.4) is 0 Å². The first-order valence-electron chi connectivity index (χ1n) is 7.12. The van der Waals surface area contributed by atoms with Crippen LogP contribution in [0.15, 0.2) is 23.6 Å². The van der Waals surface area contributed by atoms with Gasteiger partial charge in [-0.15, -0.1) is 11.3 Å². The molecule has 128 valence electrons. The Balaban J connectivity index is 2.13. The van der Waals surface area contributed by atoms with Gasteiger partial charge in [-0.3, -0.25) is 9.59 Å². The van der Waals surface area contributed by atoms with Crippen LogP contribution in [-0.4, -0.2) is 25.0 Å². The zero-order valence-electron chi connectivity index (χ0n) is 13.5. The van der Waals surface area contributed by atoms with E-state index in [2.05, 4.69) is 10.6 Å². The van der Waals surface area contributed by atoms with Crippen molar-refractivity contribution in [2.24, 2.45) is 5.73 Å². The second kappa shape index (κ2) is 7.55. The third kappa shape index (κ3) is 3.98. The highest BCUT2D eigenvalue weighted by atomic mass is 35.5. The molecule has 1 aromatic carbocycles. The van der Waals surface area contributed by atoms with E-state index in [1.54, 1.807) is 24.4 Å². The number of aryl methyl sites for hydroxylation is 1. The molecule has 0 spiro atoms. The first-order chi connectivity index (χ1) is 11.3. The van der Waals surface area contributed by atoms with Gasteiger partial charge < -0.3 is 21.1 Å². The van der Waals surface area contributed by atoms with E-state index in [0.717, 1.165) is 5.56 Å². The number of ether oxygens (including phenoxy) is 1. The minimum Gasteiger partial charge on any atom is -0.495 e. The Bertz CT molecular complexity index is 776. The molecule has 0 saturated heterocycles. The highest BCUT2D eigenvalue weighted by Crippen LogP contribution is 2.31. The quantitative estimate of drug-likeness (QED) is 0.730. The number of nitrogens with one attached hydrogen (secondary N) is 2. The van der Waals surface area contributed by atoms with Crippen LogP contribution in [0, 0.1) is 6.92 Å². The van der Waals surface area contributed by atoms with Crippen molar-refractivity contribution in [3.63, 3.8) is 0 Å². The molecule has 0 aliphatic rings. The predicted octanol–water partition coefficient (Wildman–Crippen LogP) is 3.26. The van der Waals surface area contributed by atoms with Gasteiger partial charge in [0.05, 0.1) is 18.4 Å². The molecule has 4 N–H and O–H groups in total. The Morgan fingerprint density at radius 2 is 2.08 bits per heavy atom. The summed E-state index contributed by atoms with van der Waals surface area (Å²) in [5.74, 6) is -0.337. The molecule has 1 heterocycles. The number of nitrogens with two attached hydrogens (primary N) is 1. The maximum atomic E-state index is 12.4. The van der Waals surface area contributed by atoms with Crippen LogP contribution in [0.2, 0.25) is 5.02 Å². The Labute approximate surface area is 148 Å². The molecule has 0 aliphatic carbocycles. The third-order valence-corrected chi connectivity index (χ3v) is 4.65. The van der Waals surface area contributed by atoms with Gasteiger partial charge in [0, 0.05) is 11.1 Å². The van der Waals surface area contributed by atoms with E-state index in [0.29, 0.717) is 27.0 Å². The number of carbonyl (C=O) groups excluding carboxylic acids is 2. The van der Waals surface area contributed by atoms with Crippen LogP contribution in [0.4, 0.5) is 10.7 Å². The fourth-order valence-corrected chi connectivity index (χ4v) is 3.01. The molecule has 2 aromatic rings. The summed E-state index contributed by atoms with van der Waals surface area (Å²) in [5.41, 5.74) is 7.09. The smallest absolute Gasteiger partial charge is 0.251 e. The van der Waals surface area contributed by atoms with Gasteiger partial charge in [-0.1, -0.05) is 11.6 Å². The lowest BCUT2D eigenvalue weighted by Crippen LogP contribution is -2.32. The van der Waals surface area contributed by atoms with Crippen LogP contribution in [0.25, 0.3) is 0 Å². The number of amides is 2. The van der Waals surface area contributed by atoms with E-state index in [4.69, 9.17) is 22.1 Å². The van der Waals surface area contributed by atoms with Crippen molar-refractivity contribution in [1.29, 1.82) is 0 Å². The van der Waals surface area contributed by atoms with E-state index < -0.39 is 11.9 Å². The van der Waals surface area contributed by atoms with E-state index in [9.17, 15) is 9.59 Å². The van der Waals surface area contributed by atoms with Gasteiger partial charge in [0.15, 0.2) is 0 Å². The average molecular weight is 368 g/mol. The molecule has 0 bridgehead atoms. The third-order valence-electron chi connectivity index (χ3n) is 3.41. The number of hydrogen-bond acceptors (Lipinski definition) is 5. The lowest BCUT2D eigenvalue weighted by atomic mass is 10.2. The van der Waals surface area contributed by atoms with E-state index in [1.165, 1.54) is 18.4 Å². The fraction of sp³-hybridized carbons (Fsp3) is 0.250. The molecular weight excluding hydrogens is 350 g/mol. The van der Waals surface area contributed by atoms with Gasteiger partial charge in [0.2, 0.25) is 5.91 Å². The zero-order valence-corrected chi connectivity index (χ0v) is 15.0. The van der Waals surface area contributed by atoms with Crippen molar-refractivity contribution in [2.45, 2.75) is 19.9 Å². The first kappa shape index (κ1) is 18.1. The molecule has 2 amide bonds. The number of thiophene rings is 1. The lowest BCUT2D eigenvalue weighted by molar-refractivity contribution is -0.116. The number of methoxy groups -OCH3 is 1. The van der Waals surface area contributed by atoms with Crippen LogP contribution in [0.1, 0.15) is 22.8 Å². The second-order valence-corrected chi connectivity index (χ2v) is 6.51. The number of rotatable bonds is 6. The zero-order chi connectivity index (χ0) is 17.9. The molecule has 6 nitrogen and oxygen atoms in total. The van der Waals surface area contributed by atoms with Crippen molar-refractivity contribution in [3.8, 4) is 5.75 Å². The highest BCUT2D eigenvalue weighted by Gasteiger charge is 2.19. The van der Waals surface area contributed by atoms with Crippen molar-refractivity contribution < 1.29 is 14.3 Å². The summed E-state index contributed by atoms with van der Waals surface area (Å²) in [6.07, 6.45) is 0. The molecule has 24 heavy (non-hydrogen) atoms. The van der Waals surface area contributed by atoms with Crippen molar-refractivity contribution in [1.82, 2.24) is 0 Å². The first-order valence-corrected chi connectivity index (χ1v) is 8.38. The van der Waals surface area contributed by atoms with Crippen LogP contribution < -0.4 is 21.1 Å². The Kier molecular flexibility index (Phi) is 5.69. The van der Waals surface area contributed by atoms with Crippen LogP contribution in [-0.2, 0) is 4.79 Å². The normalized spacial score (nSPS) is 11.7. The number of halogens is 1. The number of hydrogen-bond donors (Lipinski definition) is 3. The van der Waals surface area contributed by atoms with Crippen molar-refractivity contribution in [3.05, 3.63) is 39.7 Å². The molecule has 0 fully saturated rings. The minimum atomic E-state index is -0.581.